The van der Waals surface area contributed by atoms with Crippen LogP contribution in [0.25, 0.3) is 0 Å². The maximum absolute atomic E-state index is 13.2. The van der Waals surface area contributed by atoms with Crippen molar-refractivity contribution >= 4 is 40.6 Å². The maximum Gasteiger partial charge on any atom is 0.271 e. The van der Waals surface area contributed by atoms with Crippen molar-refractivity contribution in [2.45, 2.75) is 17.1 Å². The molecule has 2 aromatic rings. The van der Waals surface area contributed by atoms with Crippen LogP contribution in [0.3, 0.4) is 0 Å². The van der Waals surface area contributed by atoms with Crippen LogP contribution in [0.5, 0.6) is 5.75 Å². The molecule has 0 aromatic heterocycles. The number of methoxy groups -OCH3 is 1. The van der Waals surface area contributed by atoms with Crippen molar-refractivity contribution in [1.29, 1.82) is 0 Å². The Hall–Kier alpha value is -2.32. The Kier molecular flexibility index (Phi) is 6.22. The maximum atomic E-state index is 13.2. The third-order valence-corrected chi connectivity index (χ3v) is 4.61. The number of nitro groups is 1. The van der Waals surface area contributed by atoms with Crippen LogP contribution in [-0.4, -0.2) is 23.2 Å². The van der Waals surface area contributed by atoms with Crippen LogP contribution >= 0.6 is 23.4 Å². The zero-order valence-electron chi connectivity index (χ0n) is 13.3. The summed E-state index contributed by atoms with van der Waals surface area (Å²) < 4.78 is 18.3. The predicted molar refractivity (Wildman–Crippen MR) is 95.0 cm³/mol. The number of nitrogens with zero attached hydrogens (tertiary/aromatic N) is 1. The first-order valence-electron chi connectivity index (χ1n) is 7.07. The molecule has 0 spiro atoms. The number of carbonyl (C=O) groups excluding carboxylic acids is 1. The smallest absolute Gasteiger partial charge is 0.271 e. The number of amides is 1. The number of ether oxygens (including phenoxy) is 1. The highest BCUT2D eigenvalue weighted by Crippen LogP contribution is 2.31. The first-order valence-corrected chi connectivity index (χ1v) is 8.32. The molecule has 1 N–H and O–H groups in total. The number of nitrogens with one attached hydrogen (secondary N) is 1. The van der Waals surface area contributed by atoms with Gasteiger partial charge in [-0.1, -0.05) is 11.6 Å². The highest BCUT2D eigenvalue weighted by Gasteiger charge is 2.19. The van der Waals surface area contributed by atoms with Crippen molar-refractivity contribution in [2.75, 3.05) is 12.4 Å². The lowest BCUT2D eigenvalue weighted by Crippen LogP contribution is -2.22. The Balaban J connectivity index is 2.13. The third-order valence-electron chi connectivity index (χ3n) is 3.22. The van der Waals surface area contributed by atoms with E-state index in [1.165, 1.54) is 55.3 Å². The molecule has 0 saturated heterocycles. The third kappa shape index (κ3) is 4.83. The molecule has 0 heterocycles. The van der Waals surface area contributed by atoms with Crippen molar-refractivity contribution in [3.8, 4) is 5.75 Å². The van der Waals surface area contributed by atoms with E-state index in [-0.39, 0.29) is 22.3 Å². The molecule has 1 amide bonds. The van der Waals surface area contributed by atoms with Gasteiger partial charge in [-0.05, 0) is 31.2 Å². The zero-order chi connectivity index (χ0) is 18.6. The Morgan fingerprint density at radius 2 is 2.08 bits per heavy atom. The minimum atomic E-state index is -0.562. The largest absolute Gasteiger partial charge is 0.495 e. The molecule has 0 bridgehead atoms. The molecule has 0 saturated carbocycles. The fraction of sp³-hybridized carbons (Fsp3) is 0.188. The van der Waals surface area contributed by atoms with Crippen molar-refractivity contribution in [3.63, 3.8) is 0 Å². The van der Waals surface area contributed by atoms with Gasteiger partial charge in [0.1, 0.15) is 11.6 Å². The Bertz CT molecular complexity index is 819. The van der Waals surface area contributed by atoms with E-state index in [0.29, 0.717) is 10.6 Å². The fourth-order valence-electron chi connectivity index (χ4n) is 1.95. The van der Waals surface area contributed by atoms with E-state index >= 15 is 0 Å². The zero-order valence-corrected chi connectivity index (χ0v) is 14.9. The second-order valence-electron chi connectivity index (χ2n) is 4.97. The van der Waals surface area contributed by atoms with E-state index in [1.54, 1.807) is 6.92 Å². The molecule has 2 rings (SSSR count). The van der Waals surface area contributed by atoms with Gasteiger partial charge in [0.05, 0.1) is 28.0 Å². The Morgan fingerprint density at radius 1 is 1.36 bits per heavy atom. The van der Waals surface area contributed by atoms with Crippen LogP contribution in [0.15, 0.2) is 41.3 Å². The topological polar surface area (TPSA) is 81.5 Å². The standard InChI is InChI=1S/C16H14ClFN2O4S/c1-9(25-11-4-5-13(18)12(17)8-11)16(21)19-14-7-10(20(22)23)3-6-15(14)24-2/h3-9H,1-2H3,(H,19,21)/t9-/m1/s1. The summed E-state index contributed by atoms with van der Waals surface area (Å²) in [6.07, 6.45) is 0. The first-order chi connectivity index (χ1) is 11.8. The molecule has 25 heavy (non-hydrogen) atoms. The van der Waals surface area contributed by atoms with Gasteiger partial charge < -0.3 is 10.1 Å². The summed E-state index contributed by atoms with van der Waals surface area (Å²) in [6.45, 7) is 1.65. The summed E-state index contributed by atoms with van der Waals surface area (Å²) in [5.74, 6) is -0.616. The summed E-state index contributed by atoms with van der Waals surface area (Å²) in [6, 6.07) is 8.09. The average molecular weight is 385 g/mol. The fourth-order valence-corrected chi connectivity index (χ4v) is 3.10. The predicted octanol–water partition coefficient (Wildman–Crippen LogP) is 4.52. The van der Waals surface area contributed by atoms with Gasteiger partial charge in [0.2, 0.25) is 5.91 Å². The number of anilines is 1. The van der Waals surface area contributed by atoms with Crippen LogP contribution in [0.1, 0.15) is 6.92 Å². The Labute approximate surface area is 152 Å². The Morgan fingerprint density at radius 3 is 2.68 bits per heavy atom. The van der Waals surface area contributed by atoms with E-state index in [9.17, 15) is 19.3 Å². The molecule has 0 fully saturated rings. The number of nitro benzene ring substituents is 1. The highest BCUT2D eigenvalue weighted by molar-refractivity contribution is 8.00. The lowest BCUT2D eigenvalue weighted by molar-refractivity contribution is -0.384. The van der Waals surface area contributed by atoms with E-state index in [4.69, 9.17) is 16.3 Å². The molecular weight excluding hydrogens is 371 g/mol. The van der Waals surface area contributed by atoms with Crippen LogP contribution in [0, 0.1) is 15.9 Å². The van der Waals surface area contributed by atoms with E-state index in [2.05, 4.69) is 5.32 Å². The lowest BCUT2D eigenvalue weighted by atomic mass is 10.2. The quantitative estimate of drug-likeness (QED) is 0.450. The van der Waals surface area contributed by atoms with Gasteiger partial charge in [0.15, 0.2) is 0 Å². The van der Waals surface area contributed by atoms with Crippen molar-refractivity contribution in [3.05, 3.63) is 57.4 Å². The van der Waals surface area contributed by atoms with Crippen LogP contribution in [0.4, 0.5) is 15.8 Å². The van der Waals surface area contributed by atoms with Crippen LogP contribution < -0.4 is 10.1 Å². The number of hydrogen-bond donors (Lipinski definition) is 1. The van der Waals surface area contributed by atoms with Gasteiger partial charge in [-0.25, -0.2) is 4.39 Å². The molecule has 0 aliphatic carbocycles. The van der Waals surface area contributed by atoms with Gasteiger partial charge in [0.25, 0.3) is 5.69 Å². The molecule has 0 aliphatic heterocycles. The van der Waals surface area contributed by atoms with Crippen molar-refractivity contribution in [1.82, 2.24) is 0 Å². The normalized spacial score (nSPS) is 11.7. The summed E-state index contributed by atoms with van der Waals surface area (Å²) >= 11 is 6.90. The minimum absolute atomic E-state index is 0.0297. The highest BCUT2D eigenvalue weighted by atomic mass is 35.5. The number of halogens is 2. The second-order valence-corrected chi connectivity index (χ2v) is 6.79. The van der Waals surface area contributed by atoms with Crippen LogP contribution in [-0.2, 0) is 4.79 Å². The summed E-state index contributed by atoms with van der Waals surface area (Å²) in [4.78, 5) is 23.3. The van der Waals surface area contributed by atoms with Gasteiger partial charge in [-0.15, -0.1) is 11.8 Å². The molecular formula is C16H14ClFN2O4S. The molecule has 2 aromatic carbocycles. The van der Waals surface area contributed by atoms with Crippen LogP contribution in [0.2, 0.25) is 5.02 Å². The van der Waals surface area contributed by atoms with E-state index in [0.717, 1.165) is 0 Å². The number of benzene rings is 2. The number of rotatable bonds is 6. The number of thioether (sulfide) groups is 1. The molecule has 0 radical (unpaired) electrons. The SMILES string of the molecule is COc1ccc([N+](=O)[O-])cc1NC(=O)[C@@H](C)Sc1ccc(F)c(Cl)c1. The van der Waals surface area contributed by atoms with E-state index < -0.39 is 16.0 Å². The molecule has 132 valence electrons. The number of hydrogen-bond acceptors (Lipinski definition) is 5. The van der Waals surface area contributed by atoms with Gasteiger partial charge in [-0.2, -0.15) is 0 Å². The number of non-ortho nitro benzene ring substituents is 1. The van der Waals surface area contributed by atoms with Crippen molar-refractivity contribution in [2.24, 2.45) is 0 Å². The summed E-state index contributed by atoms with van der Waals surface area (Å²) in [5, 5.41) is 12.9. The van der Waals surface area contributed by atoms with Gasteiger partial charge >= 0.3 is 0 Å². The summed E-state index contributed by atoms with van der Waals surface area (Å²) in [5.41, 5.74) is 0.0352. The molecule has 9 heteroatoms. The average Bonchev–Trinajstić information content (AvgIpc) is 2.57. The lowest BCUT2D eigenvalue weighted by Gasteiger charge is -2.14. The first kappa shape index (κ1) is 19.0. The number of carbonyl (C=O) groups is 1. The van der Waals surface area contributed by atoms with Crippen molar-refractivity contribution < 1.29 is 18.8 Å². The summed E-state index contributed by atoms with van der Waals surface area (Å²) in [7, 11) is 1.40. The van der Waals surface area contributed by atoms with Gasteiger partial charge in [-0.3, -0.25) is 14.9 Å². The molecule has 0 unspecified atom stereocenters. The van der Waals surface area contributed by atoms with E-state index in [1.807, 2.05) is 0 Å². The molecule has 1 atom stereocenters. The van der Waals surface area contributed by atoms with Gasteiger partial charge in [0, 0.05) is 17.0 Å². The molecule has 0 aliphatic rings. The molecule has 6 nitrogen and oxygen atoms in total. The minimum Gasteiger partial charge on any atom is -0.495 e. The monoisotopic (exact) mass is 384 g/mol. The second kappa shape index (κ2) is 8.17.